The summed E-state index contributed by atoms with van der Waals surface area (Å²) in [6, 6.07) is 10.1. The van der Waals surface area contributed by atoms with Crippen molar-refractivity contribution in [1.82, 2.24) is 10.6 Å². The summed E-state index contributed by atoms with van der Waals surface area (Å²) >= 11 is 0. The summed E-state index contributed by atoms with van der Waals surface area (Å²) in [4.78, 5) is 12.2. The third-order valence-electron chi connectivity index (χ3n) is 4.38. The van der Waals surface area contributed by atoms with E-state index < -0.39 is 6.10 Å². The van der Waals surface area contributed by atoms with Crippen LogP contribution in [0.15, 0.2) is 30.3 Å². The van der Waals surface area contributed by atoms with Crippen molar-refractivity contribution in [3.63, 3.8) is 0 Å². The first-order valence-electron chi connectivity index (χ1n) is 8.46. The standard InChI is InChI=1S/C18H28N2O2/c1-2-3-12-16(19-13-14-8-5-4-6-9-14)17(21)18(22)20-15-10-7-11-15/h4-6,8-9,15-17,19,21H,2-3,7,10-13H2,1H3,(H,20,22)/t16-,17-/m0/s1. The van der Waals surface area contributed by atoms with Gasteiger partial charge in [0.15, 0.2) is 0 Å². The molecule has 3 N–H and O–H groups in total. The normalized spacial score (nSPS) is 17.5. The van der Waals surface area contributed by atoms with Crippen LogP contribution in [0.2, 0.25) is 0 Å². The molecule has 0 bridgehead atoms. The van der Waals surface area contributed by atoms with Gasteiger partial charge in [0.25, 0.3) is 5.91 Å². The predicted molar refractivity (Wildman–Crippen MR) is 88.4 cm³/mol. The molecule has 0 aromatic heterocycles. The zero-order valence-electron chi connectivity index (χ0n) is 13.4. The number of benzene rings is 1. The number of carbonyl (C=O) groups is 1. The van der Waals surface area contributed by atoms with E-state index in [1.165, 1.54) is 6.42 Å². The average Bonchev–Trinajstić information content (AvgIpc) is 2.51. The summed E-state index contributed by atoms with van der Waals surface area (Å²) in [5, 5.41) is 16.7. The Morgan fingerprint density at radius 1 is 1.32 bits per heavy atom. The Bertz CT molecular complexity index is 446. The lowest BCUT2D eigenvalue weighted by Crippen LogP contribution is -2.52. The lowest BCUT2D eigenvalue weighted by Gasteiger charge is -2.30. The van der Waals surface area contributed by atoms with Gasteiger partial charge >= 0.3 is 0 Å². The van der Waals surface area contributed by atoms with Crippen LogP contribution in [0.4, 0.5) is 0 Å². The van der Waals surface area contributed by atoms with Crippen LogP contribution in [0.1, 0.15) is 51.0 Å². The SMILES string of the molecule is CCCC[C@H](NCc1ccccc1)[C@H](O)C(=O)NC1CCC1. The smallest absolute Gasteiger partial charge is 0.250 e. The monoisotopic (exact) mass is 304 g/mol. The summed E-state index contributed by atoms with van der Waals surface area (Å²) in [6.45, 7) is 2.79. The number of unbranched alkanes of at least 4 members (excludes halogenated alkanes) is 1. The molecule has 0 spiro atoms. The lowest BCUT2D eigenvalue weighted by atomic mass is 9.92. The van der Waals surface area contributed by atoms with E-state index in [4.69, 9.17) is 0 Å². The lowest BCUT2D eigenvalue weighted by molar-refractivity contribution is -0.132. The summed E-state index contributed by atoms with van der Waals surface area (Å²) < 4.78 is 0. The van der Waals surface area contributed by atoms with Gasteiger partial charge in [0.05, 0.1) is 0 Å². The van der Waals surface area contributed by atoms with Crippen LogP contribution in [-0.2, 0) is 11.3 Å². The van der Waals surface area contributed by atoms with Crippen molar-refractivity contribution in [1.29, 1.82) is 0 Å². The summed E-state index contributed by atoms with van der Waals surface area (Å²) in [7, 11) is 0. The molecule has 0 unspecified atom stereocenters. The second-order valence-corrected chi connectivity index (χ2v) is 6.20. The van der Waals surface area contributed by atoms with E-state index in [2.05, 4.69) is 17.6 Å². The van der Waals surface area contributed by atoms with Gasteiger partial charge in [0.1, 0.15) is 6.10 Å². The Morgan fingerprint density at radius 3 is 2.64 bits per heavy atom. The van der Waals surface area contributed by atoms with E-state index in [0.29, 0.717) is 6.54 Å². The minimum Gasteiger partial charge on any atom is -0.382 e. The Labute approximate surface area is 133 Å². The molecular weight excluding hydrogens is 276 g/mol. The molecule has 0 radical (unpaired) electrons. The van der Waals surface area contributed by atoms with Gasteiger partial charge in [0, 0.05) is 18.6 Å². The van der Waals surface area contributed by atoms with Crippen molar-refractivity contribution >= 4 is 5.91 Å². The van der Waals surface area contributed by atoms with E-state index >= 15 is 0 Å². The third-order valence-corrected chi connectivity index (χ3v) is 4.38. The number of hydrogen-bond acceptors (Lipinski definition) is 3. The van der Waals surface area contributed by atoms with Crippen LogP contribution in [0.25, 0.3) is 0 Å². The molecule has 1 saturated carbocycles. The molecule has 1 amide bonds. The third kappa shape index (κ3) is 5.11. The van der Waals surface area contributed by atoms with E-state index in [9.17, 15) is 9.90 Å². The maximum atomic E-state index is 12.2. The Kier molecular flexibility index (Phi) is 6.87. The van der Waals surface area contributed by atoms with Crippen LogP contribution < -0.4 is 10.6 Å². The molecule has 4 heteroatoms. The summed E-state index contributed by atoms with van der Waals surface area (Å²) in [5.41, 5.74) is 1.16. The number of rotatable bonds is 9. The highest BCUT2D eigenvalue weighted by atomic mass is 16.3. The molecule has 0 saturated heterocycles. The molecule has 2 rings (SSSR count). The fourth-order valence-electron chi connectivity index (χ4n) is 2.66. The van der Waals surface area contributed by atoms with Crippen molar-refractivity contribution in [3.8, 4) is 0 Å². The van der Waals surface area contributed by atoms with Gasteiger partial charge in [-0.25, -0.2) is 0 Å². The van der Waals surface area contributed by atoms with Gasteiger partial charge in [-0.3, -0.25) is 4.79 Å². The van der Waals surface area contributed by atoms with Crippen molar-refractivity contribution in [2.75, 3.05) is 0 Å². The second kappa shape index (κ2) is 8.91. The number of hydrogen-bond donors (Lipinski definition) is 3. The molecule has 1 aliphatic rings. The molecule has 1 aromatic carbocycles. The second-order valence-electron chi connectivity index (χ2n) is 6.20. The van der Waals surface area contributed by atoms with E-state index in [1.807, 2.05) is 30.3 Å². The van der Waals surface area contributed by atoms with E-state index in [1.54, 1.807) is 0 Å². The van der Waals surface area contributed by atoms with Crippen LogP contribution in [0, 0.1) is 0 Å². The van der Waals surface area contributed by atoms with Crippen molar-refractivity contribution in [2.24, 2.45) is 0 Å². The quantitative estimate of drug-likeness (QED) is 0.656. The molecule has 22 heavy (non-hydrogen) atoms. The highest BCUT2D eigenvalue weighted by Crippen LogP contribution is 2.18. The largest absolute Gasteiger partial charge is 0.382 e. The summed E-state index contributed by atoms with van der Waals surface area (Å²) in [5.74, 6) is -0.230. The maximum absolute atomic E-state index is 12.2. The number of aliphatic hydroxyl groups is 1. The van der Waals surface area contributed by atoms with Crippen LogP contribution in [0.3, 0.4) is 0 Å². The molecule has 1 aliphatic carbocycles. The van der Waals surface area contributed by atoms with Crippen molar-refractivity contribution in [3.05, 3.63) is 35.9 Å². The average molecular weight is 304 g/mol. The van der Waals surface area contributed by atoms with Crippen LogP contribution in [-0.4, -0.2) is 29.2 Å². The Hall–Kier alpha value is -1.39. The summed E-state index contributed by atoms with van der Waals surface area (Å²) in [6.07, 6.45) is 5.14. The fraction of sp³-hybridized carbons (Fsp3) is 0.611. The Balaban J connectivity index is 1.87. The number of nitrogens with one attached hydrogen (secondary N) is 2. The van der Waals surface area contributed by atoms with Gasteiger partial charge in [-0.1, -0.05) is 50.1 Å². The first-order chi connectivity index (χ1) is 10.7. The highest BCUT2D eigenvalue weighted by Gasteiger charge is 2.28. The van der Waals surface area contributed by atoms with Crippen LogP contribution in [0.5, 0.6) is 0 Å². The zero-order valence-corrected chi connectivity index (χ0v) is 13.4. The first-order valence-corrected chi connectivity index (χ1v) is 8.46. The minimum absolute atomic E-state index is 0.194. The molecule has 1 fully saturated rings. The van der Waals surface area contributed by atoms with Gasteiger partial charge < -0.3 is 15.7 Å². The Morgan fingerprint density at radius 2 is 2.05 bits per heavy atom. The molecule has 0 aliphatic heterocycles. The minimum atomic E-state index is -0.976. The van der Waals surface area contributed by atoms with Gasteiger partial charge in [0.2, 0.25) is 0 Å². The first kappa shape index (κ1) is 17.0. The number of aliphatic hydroxyl groups excluding tert-OH is 1. The molecule has 122 valence electrons. The van der Waals surface area contributed by atoms with Crippen LogP contribution >= 0.6 is 0 Å². The molecular formula is C18H28N2O2. The molecule has 2 atom stereocenters. The number of amides is 1. The van der Waals surface area contributed by atoms with Crippen molar-refractivity contribution < 1.29 is 9.90 Å². The van der Waals surface area contributed by atoms with E-state index in [0.717, 1.165) is 37.7 Å². The van der Waals surface area contributed by atoms with Gasteiger partial charge in [-0.05, 0) is 31.2 Å². The van der Waals surface area contributed by atoms with E-state index in [-0.39, 0.29) is 18.0 Å². The molecule has 4 nitrogen and oxygen atoms in total. The van der Waals surface area contributed by atoms with Crippen molar-refractivity contribution in [2.45, 2.75) is 70.2 Å². The van der Waals surface area contributed by atoms with Gasteiger partial charge in [-0.2, -0.15) is 0 Å². The highest BCUT2D eigenvalue weighted by molar-refractivity contribution is 5.81. The maximum Gasteiger partial charge on any atom is 0.250 e. The topological polar surface area (TPSA) is 61.4 Å². The fourth-order valence-corrected chi connectivity index (χ4v) is 2.66. The molecule has 1 aromatic rings. The number of carbonyl (C=O) groups excluding carboxylic acids is 1. The zero-order chi connectivity index (χ0) is 15.8. The predicted octanol–water partition coefficient (Wildman–Crippen LogP) is 2.36. The van der Waals surface area contributed by atoms with Gasteiger partial charge in [-0.15, -0.1) is 0 Å². The molecule has 0 heterocycles.